The quantitative estimate of drug-likeness (QED) is 0.496. The Morgan fingerprint density at radius 2 is 0.727 bits per heavy atom. The largest absolute Gasteiger partial charge is 0.200 e. The molecule has 8 fully saturated rings. The van der Waals surface area contributed by atoms with Crippen LogP contribution in [0.15, 0.2) is 0 Å². The van der Waals surface area contributed by atoms with Crippen LogP contribution in [0.3, 0.4) is 0 Å². The van der Waals surface area contributed by atoms with Crippen molar-refractivity contribution in [1.29, 1.82) is 0 Å². The van der Waals surface area contributed by atoms with E-state index in [9.17, 15) is 0 Å². The monoisotopic (exact) mass is 306 g/mol. The van der Waals surface area contributed by atoms with Crippen molar-refractivity contribution in [2.45, 2.75) is 37.3 Å². The molecule has 0 N–H and O–H groups in total. The fraction of sp³-hybridized carbons (Fsp3) is 1.00. The minimum atomic E-state index is 0.208. The summed E-state index contributed by atoms with van der Waals surface area (Å²) < 4.78 is 0. The molecule has 0 aromatic rings. The van der Waals surface area contributed by atoms with E-state index in [4.69, 9.17) is 29.6 Å². The molecule has 4 bridgehead atoms. The third-order valence-corrected chi connectivity index (χ3v) is 9.14. The van der Waals surface area contributed by atoms with Gasteiger partial charge in [-0.15, -0.1) is 0 Å². The van der Waals surface area contributed by atoms with Crippen LogP contribution in [0.2, 0.25) is 0 Å². The number of hydrogen-bond acceptors (Lipinski definition) is 6. The van der Waals surface area contributed by atoms with Crippen LogP contribution in [-0.2, 0) is 29.6 Å². The zero-order valence-electron chi connectivity index (χ0n) is 11.9. The van der Waals surface area contributed by atoms with Crippen LogP contribution in [0.1, 0.15) is 12.8 Å². The smallest absolute Gasteiger partial charge is 0.129 e. The average Bonchev–Trinajstić information content (AvgIpc) is 3.24. The predicted molar refractivity (Wildman–Crippen MR) is 65.8 cm³/mol. The Labute approximate surface area is 127 Å². The van der Waals surface area contributed by atoms with Crippen molar-refractivity contribution in [2.75, 3.05) is 0 Å². The van der Waals surface area contributed by atoms with Crippen LogP contribution in [0, 0.1) is 59.2 Å². The van der Waals surface area contributed by atoms with Crippen molar-refractivity contribution < 1.29 is 29.6 Å². The van der Waals surface area contributed by atoms with Crippen molar-refractivity contribution >= 4 is 0 Å². The first-order chi connectivity index (χ1) is 10.9. The van der Waals surface area contributed by atoms with Crippen LogP contribution in [0.25, 0.3) is 0 Å². The maximum atomic E-state index is 5.39. The molecular weight excluding hydrogens is 288 g/mol. The van der Waals surface area contributed by atoms with E-state index in [1.54, 1.807) is 0 Å². The van der Waals surface area contributed by atoms with Gasteiger partial charge in [0.05, 0.1) is 0 Å². The molecule has 0 aromatic heterocycles. The highest BCUT2D eigenvalue weighted by molar-refractivity contribution is 5.26. The second-order valence-electron chi connectivity index (χ2n) is 8.97. The molecular formula is C16H18O6. The molecule has 6 aliphatic carbocycles. The summed E-state index contributed by atoms with van der Waals surface area (Å²) in [4.78, 5) is 21.6. The minimum absolute atomic E-state index is 0.208. The second-order valence-corrected chi connectivity index (χ2v) is 8.97. The molecule has 6 heteroatoms. The Bertz CT molecular complexity index is 489. The van der Waals surface area contributed by atoms with Gasteiger partial charge in [0.1, 0.15) is 24.4 Å². The highest BCUT2D eigenvalue weighted by Crippen LogP contribution is 2.79. The molecule has 0 amide bonds. The van der Waals surface area contributed by atoms with Crippen molar-refractivity contribution in [2.24, 2.45) is 59.2 Å². The fourth-order valence-electron chi connectivity index (χ4n) is 8.97. The summed E-state index contributed by atoms with van der Waals surface area (Å²) in [5, 5.41) is 9.68. The van der Waals surface area contributed by atoms with Crippen LogP contribution in [0.4, 0.5) is 0 Å². The van der Waals surface area contributed by atoms with E-state index >= 15 is 0 Å². The fourth-order valence-corrected chi connectivity index (χ4v) is 8.97. The summed E-state index contributed by atoms with van der Waals surface area (Å²) in [6, 6.07) is 0. The third kappa shape index (κ3) is 0.903. The van der Waals surface area contributed by atoms with E-state index in [-0.39, 0.29) is 24.4 Å². The molecule has 8 rings (SSSR count). The highest BCUT2D eigenvalue weighted by atomic mass is 17.5. The van der Waals surface area contributed by atoms with Gasteiger partial charge in [-0.25, -0.2) is 0 Å². The molecule has 2 aliphatic heterocycles. The van der Waals surface area contributed by atoms with Gasteiger partial charge in [-0.2, -0.15) is 19.6 Å². The van der Waals surface area contributed by atoms with E-state index < -0.39 is 0 Å². The SMILES string of the molecule is C1C2C3C4CC(C3C1C1C3OOOC3C21)C1C2OOOC2C41. The van der Waals surface area contributed by atoms with Gasteiger partial charge in [0.15, 0.2) is 0 Å². The van der Waals surface area contributed by atoms with Gasteiger partial charge in [0.2, 0.25) is 0 Å². The molecule has 22 heavy (non-hydrogen) atoms. The molecule has 2 saturated heterocycles. The normalized spacial score (nSPS) is 77.5. The lowest BCUT2D eigenvalue weighted by atomic mass is 9.48. The lowest BCUT2D eigenvalue weighted by molar-refractivity contribution is -0.463. The second kappa shape index (κ2) is 3.27. The highest BCUT2D eigenvalue weighted by Gasteiger charge is 2.81. The van der Waals surface area contributed by atoms with Crippen LogP contribution < -0.4 is 0 Å². The molecule has 12 unspecified atom stereocenters. The predicted octanol–water partition coefficient (Wildman–Crippen LogP) is 1.27. The first-order valence-corrected chi connectivity index (χ1v) is 8.91. The maximum absolute atomic E-state index is 5.39. The molecule has 6 saturated carbocycles. The molecule has 12 atom stereocenters. The molecule has 0 spiro atoms. The van der Waals surface area contributed by atoms with Gasteiger partial charge in [0, 0.05) is 0 Å². The maximum Gasteiger partial charge on any atom is 0.129 e. The lowest BCUT2D eigenvalue weighted by Gasteiger charge is -2.58. The van der Waals surface area contributed by atoms with Gasteiger partial charge < -0.3 is 0 Å². The van der Waals surface area contributed by atoms with E-state index in [0.29, 0.717) is 23.7 Å². The molecule has 2 heterocycles. The third-order valence-electron chi connectivity index (χ3n) is 9.14. The molecule has 0 radical (unpaired) electrons. The summed E-state index contributed by atoms with van der Waals surface area (Å²) in [6.07, 6.45) is 3.62. The summed E-state index contributed by atoms with van der Waals surface area (Å²) in [5.41, 5.74) is 0. The van der Waals surface area contributed by atoms with Crippen LogP contribution >= 0.6 is 0 Å². The zero-order valence-corrected chi connectivity index (χ0v) is 11.9. The minimum Gasteiger partial charge on any atom is -0.200 e. The lowest BCUT2D eigenvalue weighted by Crippen LogP contribution is -2.65. The van der Waals surface area contributed by atoms with Gasteiger partial charge in [-0.1, -0.05) is 10.1 Å². The van der Waals surface area contributed by atoms with Crippen LogP contribution in [-0.4, -0.2) is 24.4 Å². The molecule has 6 nitrogen and oxygen atoms in total. The Hall–Kier alpha value is -0.240. The Morgan fingerprint density at radius 3 is 1.05 bits per heavy atom. The van der Waals surface area contributed by atoms with Crippen molar-refractivity contribution in [1.82, 2.24) is 0 Å². The summed E-state index contributed by atoms with van der Waals surface area (Å²) in [7, 11) is 0. The number of rotatable bonds is 0. The van der Waals surface area contributed by atoms with Crippen LogP contribution in [0.5, 0.6) is 0 Å². The first kappa shape index (κ1) is 11.3. The molecule has 8 aliphatic rings. The Balaban J connectivity index is 1.21. The summed E-state index contributed by atoms with van der Waals surface area (Å²) in [6.45, 7) is 0. The summed E-state index contributed by atoms with van der Waals surface area (Å²) >= 11 is 0. The van der Waals surface area contributed by atoms with Gasteiger partial charge in [-0.3, -0.25) is 0 Å². The standard InChI is InChI=1S/C16H18O6/c1-3-7-5-2-6(12-11(5)15-16(12)20-22-19-15)8(7)4(1)10-9(3)13-14(10)18-21-17-13/h3-16H,1-2H2. The van der Waals surface area contributed by atoms with Gasteiger partial charge >= 0.3 is 0 Å². The zero-order chi connectivity index (χ0) is 13.7. The van der Waals surface area contributed by atoms with Crippen molar-refractivity contribution in [3.63, 3.8) is 0 Å². The van der Waals surface area contributed by atoms with Gasteiger partial charge in [-0.05, 0) is 72.0 Å². The molecule has 118 valence electrons. The van der Waals surface area contributed by atoms with E-state index in [1.165, 1.54) is 12.8 Å². The topological polar surface area (TPSA) is 55.4 Å². The van der Waals surface area contributed by atoms with Gasteiger partial charge in [0.25, 0.3) is 0 Å². The van der Waals surface area contributed by atoms with E-state index in [2.05, 4.69) is 0 Å². The van der Waals surface area contributed by atoms with E-state index in [1.807, 2.05) is 0 Å². The van der Waals surface area contributed by atoms with Crippen molar-refractivity contribution in [3.8, 4) is 0 Å². The van der Waals surface area contributed by atoms with E-state index in [0.717, 1.165) is 35.5 Å². The Kier molecular flexibility index (Phi) is 1.69. The molecule has 0 aromatic carbocycles. The number of fused-ring (bicyclic) bond motifs is 21. The summed E-state index contributed by atoms with van der Waals surface area (Å²) in [5.74, 6) is 7.80. The average molecular weight is 306 g/mol. The Morgan fingerprint density at radius 1 is 0.409 bits per heavy atom. The first-order valence-electron chi connectivity index (χ1n) is 8.91. The number of hydrogen-bond donors (Lipinski definition) is 0. The van der Waals surface area contributed by atoms with Crippen molar-refractivity contribution in [3.05, 3.63) is 0 Å².